The smallest absolute Gasteiger partial charge is 0.724 e. The van der Waals surface area contributed by atoms with Crippen molar-refractivity contribution in [3.8, 4) is 0 Å². The van der Waals surface area contributed by atoms with Crippen molar-refractivity contribution in [2.24, 2.45) is 11.7 Å². The molecule has 3 saturated heterocycles. The Bertz CT molecular complexity index is 586. The number of amides is 3. The number of hydroxylamine groups is 2. The summed E-state index contributed by atoms with van der Waals surface area (Å²) in [6.07, 6.45) is 0.412. The van der Waals surface area contributed by atoms with Crippen LogP contribution in [0, 0.1) is 5.92 Å². The fourth-order valence-corrected chi connectivity index (χ4v) is 3.80. The molecule has 3 aliphatic rings. The number of carbonyl (C=O) groups is 2. The number of fused-ring (bicyclic) bond motifs is 4. The van der Waals surface area contributed by atoms with Gasteiger partial charge in [-0.1, -0.05) is 0 Å². The van der Waals surface area contributed by atoms with E-state index in [1.165, 1.54) is 4.90 Å². The number of nitrogens with zero attached hydrogens (tertiary/aromatic N) is 3. The molecule has 0 unspecified atom stereocenters. The minimum Gasteiger partial charge on any atom is -0.724 e. The molecule has 3 atom stereocenters. The van der Waals surface area contributed by atoms with Crippen LogP contribution in [-0.4, -0.2) is 78.0 Å². The third-order valence-corrected chi connectivity index (χ3v) is 4.46. The van der Waals surface area contributed by atoms with Crippen molar-refractivity contribution in [3.63, 3.8) is 0 Å². The molecular formula is C10H15N4NaO6S. The Labute approximate surface area is 149 Å². The minimum absolute atomic E-state index is 0. The molecule has 0 aliphatic carbocycles. The van der Waals surface area contributed by atoms with Gasteiger partial charge in [-0.2, -0.15) is 9.35 Å². The molecule has 0 aromatic rings. The van der Waals surface area contributed by atoms with Crippen LogP contribution in [0.15, 0.2) is 0 Å². The molecule has 22 heavy (non-hydrogen) atoms. The summed E-state index contributed by atoms with van der Waals surface area (Å²) in [5.41, 5.74) is 5.45. The Kier molecular flexibility index (Phi) is 5.07. The van der Waals surface area contributed by atoms with Crippen molar-refractivity contribution in [3.05, 3.63) is 0 Å². The maximum atomic E-state index is 12.3. The zero-order valence-electron chi connectivity index (χ0n) is 12.0. The second-order valence-corrected chi connectivity index (χ2v) is 6.38. The number of nitrogens with two attached hydrogens (primary N) is 1. The molecule has 0 saturated carbocycles. The normalized spacial score (nSPS) is 30.6. The van der Waals surface area contributed by atoms with E-state index in [9.17, 15) is 22.6 Å². The number of urea groups is 1. The molecule has 118 valence electrons. The molecule has 0 spiro atoms. The van der Waals surface area contributed by atoms with E-state index in [1.807, 2.05) is 0 Å². The van der Waals surface area contributed by atoms with E-state index in [1.54, 1.807) is 4.90 Å². The van der Waals surface area contributed by atoms with Gasteiger partial charge in [-0.15, -0.1) is 0 Å². The van der Waals surface area contributed by atoms with Gasteiger partial charge in [-0.25, -0.2) is 13.2 Å². The van der Waals surface area contributed by atoms with Gasteiger partial charge < -0.3 is 20.1 Å². The Morgan fingerprint density at radius 2 is 2.00 bits per heavy atom. The van der Waals surface area contributed by atoms with E-state index in [0.29, 0.717) is 31.1 Å². The van der Waals surface area contributed by atoms with Crippen LogP contribution in [0.4, 0.5) is 4.79 Å². The van der Waals surface area contributed by atoms with Gasteiger partial charge in [0.2, 0.25) is 16.3 Å². The van der Waals surface area contributed by atoms with Gasteiger partial charge in [0.25, 0.3) is 0 Å². The molecule has 0 aromatic heterocycles. The quantitative estimate of drug-likeness (QED) is 0.306. The third-order valence-electron chi connectivity index (χ3n) is 4.12. The topological polar surface area (TPSA) is 136 Å². The Balaban J connectivity index is 0.00000176. The average Bonchev–Trinajstić information content (AvgIpc) is 2.81. The number of piperidine rings is 1. The molecular weight excluding hydrogens is 327 g/mol. The molecule has 2 N–H and O–H groups in total. The van der Waals surface area contributed by atoms with E-state index in [0.717, 1.165) is 0 Å². The maximum Gasteiger partial charge on any atom is 1.00 e. The summed E-state index contributed by atoms with van der Waals surface area (Å²) in [5, 5.41) is 0.585. The van der Waals surface area contributed by atoms with Crippen molar-refractivity contribution < 1.29 is 56.4 Å². The first kappa shape index (κ1) is 17.9. The van der Waals surface area contributed by atoms with Gasteiger partial charge in [0.05, 0.1) is 6.04 Å². The number of carbonyl (C=O) groups excluding carboxylic acids is 2. The maximum absolute atomic E-state index is 12.3. The molecule has 0 aromatic carbocycles. The number of rotatable bonds is 4. The third kappa shape index (κ3) is 2.98. The molecule has 3 rings (SSSR count). The predicted molar refractivity (Wildman–Crippen MR) is 66.0 cm³/mol. The summed E-state index contributed by atoms with van der Waals surface area (Å²) in [5.74, 6) is -0.293. The van der Waals surface area contributed by atoms with Crippen molar-refractivity contribution in [2.75, 3.05) is 26.2 Å². The van der Waals surface area contributed by atoms with Gasteiger partial charge in [0.15, 0.2) is 0 Å². The molecule has 12 heteroatoms. The molecule has 3 aliphatic heterocycles. The van der Waals surface area contributed by atoms with Crippen LogP contribution in [0.3, 0.4) is 0 Å². The fraction of sp³-hybridized carbons (Fsp3) is 0.800. The van der Waals surface area contributed by atoms with Crippen molar-refractivity contribution >= 4 is 22.3 Å². The minimum atomic E-state index is -5.02. The average molecular weight is 342 g/mol. The monoisotopic (exact) mass is 342 g/mol. The van der Waals surface area contributed by atoms with Gasteiger partial charge >= 0.3 is 35.6 Å². The van der Waals surface area contributed by atoms with E-state index >= 15 is 0 Å². The van der Waals surface area contributed by atoms with Crippen LogP contribution in [0.1, 0.15) is 6.42 Å². The summed E-state index contributed by atoms with van der Waals surface area (Å²) in [6.45, 7) is 1.41. The van der Waals surface area contributed by atoms with E-state index < -0.39 is 28.5 Å². The van der Waals surface area contributed by atoms with Crippen molar-refractivity contribution in [1.29, 1.82) is 0 Å². The van der Waals surface area contributed by atoms with E-state index in [-0.39, 0.29) is 47.9 Å². The molecule has 3 fully saturated rings. The number of hydrogen-bond acceptors (Lipinski definition) is 7. The van der Waals surface area contributed by atoms with Crippen LogP contribution >= 0.6 is 0 Å². The summed E-state index contributed by atoms with van der Waals surface area (Å²) in [7, 11) is -5.02. The standard InChI is InChI=1S/C10H16N4O6S.Na/c11-1-2-12-4-6-3-7-5-13(8(6)9(12)15)10(16)14(7)20-21(17,18)19;/h6-8H,1-5,11H2,(H,17,18,19);/q;+1/p-1/t6-,7+,8-;/m0./s1. The Morgan fingerprint density at radius 3 is 2.59 bits per heavy atom. The molecule has 3 amide bonds. The van der Waals surface area contributed by atoms with Crippen molar-refractivity contribution in [2.45, 2.75) is 18.5 Å². The van der Waals surface area contributed by atoms with Crippen LogP contribution in [0.2, 0.25) is 0 Å². The van der Waals surface area contributed by atoms with E-state index in [2.05, 4.69) is 4.28 Å². The first-order chi connectivity index (χ1) is 9.81. The second-order valence-electron chi connectivity index (χ2n) is 5.41. The van der Waals surface area contributed by atoms with Gasteiger partial charge in [-0.3, -0.25) is 4.79 Å². The molecule has 0 radical (unpaired) electrons. The molecule has 10 nitrogen and oxygen atoms in total. The van der Waals surface area contributed by atoms with Crippen molar-refractivity contribution in [1.82, 2.24) is 14.9 Å². The van der Waals surface area contributed by atoms with Gasteiger partial charge in [0.1, 0.15) is 6.04 Å². The zero-order chi connectivity index (χ0) is 15.4. The van der Waals surface area contributed by atoms with Crippen LogP contribution in [0.25, 0.3) is 0 Å². The van der Waals surface area contributed by atoms with Crippen LogP contribution < -0.4 is 35.3 Å². The number of hydrogen-bond donors (Lipinski definition) is 1. The fourth-order valence-electron chi connectivity index (χ4n) is 3.42. The summed E-state index contributed by atoms with van der Waals surface area (Å²) >= 11 is 0. The number of likely N-dealkylation sites (tertiary alicyclic amines) is 1. The summed E-state index contributed by atoms with van der Waals surface area (Å²) < 4.78 is 36.3. The summed E-state index contributed by atoms with van der Waals surface area (Å²) in [6, 6.07) is -1.91. The second kappa shape index (κ2) is 6.23. The first-order valence-electron chi connectivity index (χ1n) is 6.56. The molecule has 3 heterocycles. The molecule has 2 bridgehead atoms. The summed E-state index contributed by atoms with van der Waals surface area (Å²) in [4.78, 5) is 27.3. The first-order valence-corrected chi connectivity index (χ1v) is 7.89. The largest absolute Gasteiger partial charge is 1.00 e. The van der Waals surface area contributed by atoms with Crippen LogP contribution in [0.5, 0.6) is 0 Å². The Hall–Kier alpha value is -0.430. The van der Waals surface area contributed by atoms with Gasteiger partial charge in [-0.05, 0) is 6.42 Å². The van der Waals surface area contributed by atoms with Crippen LogP contribution in [-0.2, 0) is 19.5 Å². The van der Waals surface area contributed by atoms with Gasteiger partial charge in [0, 0.05) is 32.1 Å². The Morgan fingerprint density at radius 1 is 1.32 bits per heavy atom. The predicted octanol–water partition coefficient (Wildman–Crippen LogP) is -5.32. The zero-order valence-corrected chi connectivity index (χ0v) is 14.9. The van der Waals surface area contributed by atoms with E-state index in [4.69, 9.17) is 5.73 Å². The SMILES string of the molecule is NCCN1C[C@@H]2C[C@@H]3CN(C(=O)N3OS(=O)(=O)[O-])[C@@H]2C1=O.[Na+].